The van der Waals surface area contributed by atoms with Crippen LogP contribution in [0.3, 0.4) is 0 Å². The zero-order chi connectivity index (χ0) is 17.2. The fourth-order valence-electron chi connectivity index (χ4n) is 1.47. The number of alkyl halides is 5. The Morgan fingerprint density at radius 2 is 2.04 bits per heavy atom. The van der Waals surface area contributed by atoms with Crippen LogP contribution in [0, 0.1) is 0 Å². The number of anilines is 1. The fraction of sp³-hybridized carbons (Fsp3) is 0.182. The first-order chi connectivity index (χ1) is 10.7. The third kappa shape index (κ3) is 4.69. The molecule has 0 unspecified atom stereocenters. The number of nitrogens with one attached hydrogen (secondary N) is 1. The Morgan fingerprint density at radius 1 is 1.35 bits per heavy atom. The summed E-state index contributed by atoms with van der Waals surface area (Å²) in [4.78, 5) is -0.297. The lowest BCUT2D eigenvalue weighted by atomic mass is 10.3. The highest BCUT2D eigenvalue weighted by molar-refractivity contribution is 7.81. The van der Waals surface area contributed by atoms with Gasteiger partial charge in [0.1, 0.15) is 15.6 Å². The summed E-state index contributed by atoms with van der Waals surface area (Å²) >= 11 is 11.4. The van der Waals surface area contributed by atoms with Crippen molar-refractivity contribution in [2.24, 2.45) is 0 Å². The van der Waals surface area contributed by atoms with Crippen LogP contribution >= 0.6 is 35.4 Å². The van der Waals surface area contributed by atoms with Crippen molar-refractivity contribution < 1.29 is 26.7 Å². The van der Waals surface area contributed by atoms with E-state index in [-0.39, 0.29) is 20.6 Å². The van der Waals surface area contributed by atoms with Gasteiger partial charge in [-0.15, -0.1) is 18.3 Å². The molecule has 0 aliphatic carbocycles. The summed E-state index contributed by atoms with van der Waals surface area (Å²) in [5.41, 5.74) is -0.654. The van der Waals surface area contributed by atoms with Gasteiger partial charge >= 0.3 is 6.36 Å². The molecular weight excluding hydrogens is 385 g/mol. The summed E-state index contributed by atoms with van der Waals surface area (Å²) in [7, 11) is 0. The van der Waals surface area contributed by atoms with Crippen LogP contribution in [-0.2, 0) is 0 Å². The predicted octanol–water partition coefficient (Wildman–Crippen LogP) is 4.82. The number of rotatable bonds is 4. The van der Waals surface area contributed by atoms with Crippen molar-refractivity contribution >= 4 is 46.0 Å². The zero-order valence-corrected chi connectivity index (χ0v) is 13.1. The molecule has 0 aliphatic heterocycles. The van der Waals surface area contributed by atoms with Gasteiger partial charge in [-0.25, -0.2) is 8.78 Å². The summed E-state index contributed by atoms with van der Waals surface area (Å²) in [6.07, 6.45) is -7.77. The first-order valence-electron chi connectivity index (χ1n) is 5.64. The van der Waals surface area contributed by atoms with Crippen LogP contribution in [0.4, 0.5) is 27.6 Å². The van der Waals surface area contributed by atoms with Crippen LogP contribution in [0.2, 0.25) is 5.02 Å². The molecule has 1 aromatic carbocycles. The molecule has 0 saturated carbocycles. The maximum atomic E-state index is 12.7. The van der Waals surface area contributed by atoms with Gasteiger partial charge in [-0.2, -0.15) is 0 Å². The van der Waals surface area contributed by atoms with Crippen molar-refractivity contribution in [1.82, 2.24) is 9.59 Å². The quantitative estimate of drug-likeness (QED) is 0.600. The second kappa shape index (κ2) is 6.89. The van der Waals surface area contributed by atoms with E-state index in [2.05, 4.69) is 19.6 Å². The van der Waals surface area contributed by atoms with Gasteiger partial charge in [-0.05, 0) is 23.7 Å². The van der Waals surface area contributed by atoms with Gasteiger partial charge in [-0.3, -0.25) is 0 Å². The largest absolute Gasteiger partial charge is 0.573 e. The Balaban J connectivity index is 2.23. The first-order valence-corrected chi connectivity index (χ1v) is 7.20. The average Bonchev–Trinajstić information content (AvgIpc) is 2.90. The Hall–Kier alpha value is -1.59. The number of thiocarbonyl (C=S) groups is 1. The minimum Gasteiger partial charge on any atom is -0.406 e. The van der Waals surface area contributed by atoms with Crippen LogP contribution in [0.1, 0.15) is 17.0 Å². The second-order valence-electron chi connectivity index (χ2n) is 3.93. The van der Waals surface area contributed by atoms with E-state index in [9.17, 15) is 22.0 Å². The molecule has 1 aromatic heterocycles. The Bertz CT molecular complexity index is 722. The minimum absolute atomic E-state index is 0.0259. The highest BCUT2D eigenvalue weighted by Gasteiger charge is 2.31. The number of aromatic nitrogens is 2. The Labute approximate surface area is 140 Å². The number of hydrogen-bond donors (Lipinski definition) is 1. The van der Waals surface area contributed by atoms with Crippen LogP contribution in [0.15, 0.2) is 18.2 Å². The monoisotopic (exact) mass is 389 g/mol. The third-order valence-electron chi connectivity index (χ3n) is 2.35. The van der Waals surface area contributed by atoms with Gasteiger partial charge in [-0.1, -0.05) is 28.3 Å². The van der Waals surface area contributed by atoms with Crippen molar-refractivity contribution in [1.29, 1.82) is 0 Å². The maximum Gasteiger partial charge on any atom is 0.573 e. The number of ether oxygens (including phenoxy) is 1. The molecule has 0 aliphatic rings. The molecule has 0 bridgehead atoms. The molecule has 4 nitrogen and oxygen atoms in total. The summed E-state index contributed by atoms with van der Waals surface area (Å²) in [6.45, 7) is 0. The molecule has 0 atom stereocenters. The van der Waals surface area contributed by atoms with Crippen LogP contribution in [0.25, 0.3) is 0 Å². The molecule has 124 valence electrons. The highest BCUT2D eigenvalue weighted by Crippen LogP contribution is 2.31. The van der Waals surface area contributed by atoms with Crippen LogP contribution in [-0.4, -0.2) is 20.9 Å². The van der Waals surface area contributed by atoms with Gasteiger partial charge in [0.2, 0.25) is 0 Å². The molecule has 0 saturated heterocycles. The predicted molar refractivity (Wildman–Crippen MR) is 78.3 cm³/mol. The van der Waals surface area contributed by atoms with E-state index in [1.54, 1.807) is 0 Å². The number of benzene rings is 1. The first kappa shape index (κ1) is 17.8. The van der Waals surface area contributed by atoms with E-state index >= 15 is 0 Å². The molecule has 2 aromatic rings. The summed E-state index contributed by atoms with van der Waals surface area (Å²) in [5.74, 6) is -0.538. The second-order valence-corrected chi connectivity index (χ2v) is 5.50. The zero-order valence-electron chi connectivity index (χ0n) is 10.7. The lowest BCUT2D eigenvalue weighted by Crippen LogP contribution is -2.17. The number of halogens is 6. The SMILES string of the molecule is FC(F)c1nnsc1C(=S)Nc1cc(OC(F)(F)F)ccc1Cl. The molecular formula is C11H5ClF5N3OS2. The van der Waals surface area contributed by atoms with Gasteiger partial charge < -0.3 is 10.1 Å². The summed E-state index contributed by atoms with van der Waals surface area (Å²) in [6, 6.07) is 3.09. The summed E-state index contributed by atoms with van der Waals surface area (Å²) in [5, 5.41) is 5.76. The lowest BCUT2D eigenvalue weighted by Gasteiger charge is -2.13. The maximum absolute atomic E-state index is 12.7. The molecule has 12 heteroatoms. The van der Waals surface area contributed by atoms with E-state index in [1.807, 2.05) is 0 Å². The summed E-state index contributed by atoms with van der Waals surface area (Å²) < 4.78 is 69.2. The molecule has 0 amide bonds. The minimum atomic E-state index is -4.88. The molecule has 0 fully saturated rings. The van der Waals surface area contributed by atoms with E-state index < -0.39 is 24.2 Å². The van der Waals surface area contributed by atoms with E-state index in [0.717, 1.165) is 18.2 Å². The van der Waals surface area contributed by atoms with Crippen LogP contribution in [0.5, 0.6) is 5.75 Å². The molecule has 1 N–H and O–H groups in total. The average molecular weight is 390 g/mol. The van der Waals surface area contributed by atoms with Crippen LogP contribution < -0.4 is 10.1 Å². The molecule has 0 spiro atoms. The highest BCUT2D eigenvalue weighted by atomic mass is 35.5. The molecule has 23 heavy (non-hydrogen) atoms. The van der Waals surface area contributed by atoms with Crippen molar-refractivity contribution in [3.05, 3.63) is 33.8 Å². The third-order valence-corrected chi connectivity index (χ3v) is 3.87. The van der Waals surface area contributed by atoms with Gasteiger partial charge in [0, 0.05) is 6.07 Å². The molecule has 0 radical (unpaired) electrons. The molecule has 1 heterocycles. The van der Waals surface area contributed by atoms with Crippen molar-refractivity contribution in [2.75, 3.05) is 5.32 Å². The molecule has 2 rings (SSSR count). The van der Waals surface area contributed by atoms with Crippen molar-refractivity contribution in [2.45, 2.75) is 12.8 Å². The van der Waals surface area contributed by atoms with Crippen molar-refractivity contribution in [3.8, 4) is 5.75 Å². The van der Waals surface area contributed by atoms with E-state index in [1.165, 1.54) is 0 Å². The number of nitrogens with zero attached hydrogens (tertiary/aromatic N) is 2. The van der Waals surface area contributed by atoms with Gasteiger partial charge in [0.15, 0.2) is 5.69 Å². The van der Waals surface area contributed by atoms with Crippen molar-refractivity contribution in [3.63, 3.8) is 0 Å². The normalized spacial score (nSPS) is 11.6. The Kier molecular flexibility index (Phi) is 5.32. The number of hydrogen-bond acceptors (Lipinski definition) is 5. The fourth-order valence-corrected chi connectivity index (χ4v) is 2.53. The Morgan fingerprint density at radius 3 is 2.65 bits per heavy atom. The standard InChI is InChI=1S/C11H5ClF5N3OS2/c12-5-2-1-4(21-11(15,16)17)3-6(5)18-10(22)8-7(9(13)14)19-20-23-8/h1-3,9H,(H,18,22). The van der Waals surface area contributed by atoms with Gasteiger partial charge in [0.25, 0.3) is 6.43 Å². The van der Waals surface area contributed by atoms with E-state index in [4.69, 9.17) is 23.8 Å². The van der Waals surface area contributed by atoms with Gasteiger partial charge in [0.05, 0.1) is 10.7 Å². The van der Waals surface area contributed by atoms with E-state index in [0.29, 0.717) is 11.5 Å². The lowest BCUT2D eigenvalue weighted by molar-refractivity contribution is -0.274. The topological polar surface area (TPSA) is 47.0 Å². The smallest absolute Gasteiger partial charge is 0.406 e.